The molecule has 1 saturated heterocycles. The molecule has 1 fully saturated rings. The fourth-order valence-corrected chi connectivity index (χ4v) is 2.86. The summed E-state index contributed by atoms with van der Waals surface area (Å²) < 4.78 is 4.69. The molecule has 1 aliphatic rings. The summed E-state index contributed by atoms with van der Waals surface area (Å²) in [7, 11) is 0. The Kier molecular flexibility index (Phi) is 3.78. The Balaban J connectivity index is 2.72. The number of hydrogen-bond donors (Lipinski definition) is 2. The topological polar surface area (TPSA) is 75.6 Å². The molecule has 1 aliphatic heterocycles. The second kappa shape index (κ2) is 4.49. The predicted molar refractivity (Wildman–Crippen MR) is 65.9 cm³/mol. The van der Waals surface area contributed by atoms with E-state index in [1.54, 1.807) is 34.6 Å². The van der Waals surface area contributed by atoms with Gasteiger partial charge in [0.1, 0.15) is 11.6 Å². The molecule has 1 heterocycles. The number of rotatable bonds is 2. The Morgan fingerprint density at radius 2 is 1.88 bits per heavy atom. The predicted octanol–water partition coefficient (Wildman–Crippen LogP) is 1.22. The van der Waals surface area contributed by atoms with Gasteiger partial charge in [-0.05, 0) is 34.6 Å². The molecular weight excluding hydrogens is 242 g/mol. The lowest BCUT2D eigenvalue weighted by atomic mass is 10.0. The highest BCUT2D eigenvalue weighted by Crippen LogP contribution is 2.38. The normalized spacial score (nSPS) is 27.8. The Hall–Kier alpha value is -0.750. The Labute approximate surface area is 105 Å². The van der Waals surface area contributed by atoms with Crippen LogP contribution in [0.1, 0.15) is 34.6 Å². The number of nitrogens with one attached hydrogen (secondary N) is 1. The summed E-state index contributed by atoms with van der Waals surface area (Å²) in [4.78, 5) is 22.9. The third-order valence-electron chi connectivity index (χ3n) is 2.30. The van der Waals surface area contributed by atoms with Crippen molar-refractivity contribution in [1.29, 1.82) is 0 Å². The lowest BCUT2D eigenvalue weighted by Gasteiger charge is -2.22. The average molecular weight is 261 g/mol. The van der Waals surface area contributed by atoms with Crippen molar-refractivity contribution >= 4 is 23.7 Å². The van der Waals surface area contributed by atoms with Crippen molar-refractivity contribution in [2.24, 2.45) is 0 Å². The van der Waals surface area contributed by atoms with Gasteiger partial charge in [0, 0.05) is 4.75 Å². The number of thioether (sulfide) groups is 1. The SMILES string of the molecule is CC(C)(C)OC(=O)[C@H]1NC(C(=O)O)C(C)(C)S1. The summed E-state index contributed by atoms with van der Waals surface area (Å²) in [6.45, 7) is 8.95. The molecule has 2 atom stereocenters. The summed E-state index contributed by atoms with van der Waals surface area (Å²) in [5, 5.41) is 11.2. The van der Waals surface area contributed by atoms with E-state index in [4.69, 9.17) is 9.84 Å². The summed E-state index contributed by atoms with van der Waals surface area (Å²) in [5.41, 5.74) is -0.565. The van der Waals surface area contributed by atoms with E-state index in [0.717, 1.165) is 0 Å². The molecule has 0 radical (unpaired) electrons. The second-order valence-corrected chi connectivity index (χ2v) is 7.33. The smallest absolute Gasteiger partial charge is 0.334 e. The van der Waals surface area contributed by atoms with E-state index >= 15 is 0 Å². The number of hydrogen-bond acceptors (Lipinski definition) is 5. The molecule has 0 aromatic heterocycles. The van der Waals surface area contributed by atoms with Crippen LogP contribution in [0.5, 0.6) is 0 Å². The summed E-state index contributed by atoms with van der Waals surface area (Å²) in [6.07, 6.45) is 0. The Bertz CT molecular complexity index is 335. The van der Waals surface area contributed by atoms with Crippen molar-refractivity contribution in [3.8, 4) is 0 Å². The molecule has 0 spiro atoms. The average Bonchev–Trinajstić information content (AvgIpc) is 2.38. The van der Waals surface area contributed by atoms with Gasteiger partial charge in [0.15, 0.2) is 5.37 Å². The van der Waals surface area contributed by atoms with E-state index in [-0.39, 0.29) is 0 Å². The highest BCUT2D eigenvalue weighted by Gasteiger charge is 2.48. The molecule has 1 rings (SSSR count). The fraction of sp³-hybridized carbons (Fsp3) is 0.818. The largest absolute Gasteiger partial charge is 0.480 e. The molecule has 0 amide bonds. The van der Waals surface area contributed by atoms with Gasteiger partial charge < -0.3 is 9.84 Å². The van der Waals surface area contributed by atoms with Gasteiger partial charge in [0.25, 0.3) is 0 Å². The molecule has 0 bridgehead atoms. The van der Waals surface area contributed by atoms with E-state index < -0.39 is 33.7 Å². The van der Waals surface area contributed by atoms with Gasteiger partial charge in [-0.25, -0.2) is 4.79 Å². The van der Waals surface area contributed by atoms with Crippen molar-refractivity contribution in [3.05, 3.63) is 0 Å². The fourth-order valence-electron chi connectivity index (χ4n) is 1.60. The first-order chi connectivity index (χ1) is 7.53. The number of carbonyl (C=O) groups is 2. The van der Waals surface area contributed by atoms with Crippen molar-refractivity contribution < 1.29 is 19.4 Å². The molecule has 1 unspecified atom stereocenters. The van der Waals surface area contributed by atoms with Gasteiger partial charge in [0.2, 0.25) is 0 Å². The van der Waals surface area contributed by atoms with Crippen LogP contribution in [0.3, 0.4) is 0 Å². The minimum atomic E-state index is -0.950. The lowest BCUT2D eigenvalue weighted by molar-refractivity contribution is -0.154. The van der Waals surface area contributed by atoms with Crippen LogP contribution in [-0.4, -0.2) is 38.8 Å². The standard InChI is InChI=1S/C11H19NO4S/c1-10(2,3)16-9(15)7-12-6(8(13)14)11(4,5)17-7/h6-7,12H,1-5H3,(H,13,14)/t6?,7-/m0/s1. The van der Waals surface area contributed by atoms with Gasteiger partial charge in [-0.2, -0.15) is 0 Å². The lowest BCUT2D eigenvalue weighted by Crippen LogP contribution is -2.46. The van der Waals surface area contributed by atoms with E-state index in [9.17, 15) is 9.59 Å². The number of esters is 1. The van der Waals surface area contributed by atoms with Gasteiger partial charge in [-0.3, -0.25) is 10.1 Å². The van der Waals surface area contributed by atoms with Crippen LogP contribution in [0.15, 0.2) is 0 Å². The van der Waals surface area contributed by atoms with Gasteiger partial charge >= 0.3 is 11.9 Å². The van der Waals surface area contributed by atoms with E-state index in [0.29, 0.717) is 0 Å². The van der Waals surface area contributed by atoms with Crippen molar-refractivity contribution in [1.82, 2.24) is 5.32 Å². The zero-order valence-corrected chi connectivity index (χ0v) is 11.6. The molecule has 5 nitrogen and oxygen atoms in total. The minimum Gasteiger partial charge on any atom is -0.480 e. The highest BCUT2D eigenvalue weighted by molar-refractivity contribution is 8.02. The molecule has 0 saturated carbocycles. The summed E-state index contributed by atoms with van der Waals surface area (Å²) in [6, 6.07) is -0.745. The summed E-state index contributed by atoms with van der Waals surface area (Å²) in [5.74, 6) is -1.37. The van der Waals surface area contributed by atoms with Crippen LogP contribution in [0.4, 0.5) is 0 Å². The van der Waals surface area contributed by atoms with Crippen molar-refractivity contribution in [3.63, 3.8) is 0 Å². The number of carbonyl (C=O) groups excluding carboxylic acids is 1. The van der Waals surface area contributed by atoms with Crippen LogP contribution < -0.4 is 5.32 Å². The molecule has 0 aromatic carbocycles. The van der Waals surface area contributed by atoms with Gasteiger partial charge in [-0.1, -0.05) is 0 Å². The quantitative estimate of drug-likeness (QED) is 0.728. The third kappa shape index (κ3) is 3.61. The maximum absolute atomic E-state index is 11.8. The number of ether oxygens (including phenoxy) is 1. The first-order valence-corrected chi connectivity index (χ1v) is 6.30. The second-order valence-electron chi connectivity index (χ2n) is 5.57. The maximum atomic E-state index is 11.8. The van der Waals surface area contributed by atoms with Crippen molar-refractivity contribution in [2.75, 3.05) is 0 Å². The summed E-state index contributed by atoms with van der Waals surface area (Å²) >= 11 is 1.29. The monoisotopic (exact) mass is 261 g/mol. The zero-order chi connectivity index (χ0) is 13.4. The van der Waals surface area contributed by atoms with Gasteiger partial charge in [-0.15, -0.1) is 11.8 Å². The first-order valence-electron chi connectivity index (χ1n) is 5.42. The number of aliphatic carboxylic acids is 1. The number of carboxylic acids is 1. The molecule has 6 heteroatoms. The maximum Gasteiger partial charge on any atom is 0.334 e. The van der Waals surface area contributed by atoms with Crippen LogP contribution in [0, 0.1) is 0 Å². The molecule has 2 N–H and O–H groups in total. The van der Waals surface area contributed by atoms with Crippen LogP contribution in [0.2, 0.25) is 0 Å². The molecular formula is C11H19NO4S. The third-order valence-corrected chi connectivity index (χ3v) is 3.71. The Morgan fingerprint density at radius 1 is 1.35 bits per heavy atom. The van der Waals surface area contributed by atoms with Crippen molar-refractivity contribution in [2.45, 2.75) is 56.4 Å². The molecule has 98 valence electrons. The first kappa shape index (κ1) is 14.3. The highest BCUT2D eigenvalue weighted by atomic mass is 32.2. The zero-order valence-electron chi connectivity index (χ0n) is 10.7. The molecule has 0 aliphatic carbocycles. The Morgan fingerprint density at radius 3 is 2.24 bits per heavy atom. The van der Waals surface area contributed by atoms with E-state index in [1.807, 2.05) is 0 Å². The molecule has 0 aromatic rings. The van der Waals surface area contributed by atoms with Crippen LogP contribution in [-0.2, 0) is 14.3 Å². The van der Waals surface area contributed by atoms with Crippen LogP contribution in [0.25, 0.3) is 0 Å². The molecule has 17 heavy (non-hydrogen) atoms. The van der Waals surface area contributed by atoms with E-state index in [1.165, 1.54) is 11.8 Å². The van der Waals surface area contributed by atoms with Crippen LogP contribution >= 0.6 is 11.8 Å². The van der Waals surface area contributed by atoms with Gasteiger partial charge in [0.05, 0.1) is 0 Å². The minimum absolute atomic E-state index is 0.417. The number of carboxylic acid groups (broad SMARTS) is 1. The van der Waals surface area contributed by atoms with E-state index in [2.05, 4.69) is 5.32 Å².